The number of benzene rings is 1. The second-order valence-corrected chi connectivity index (χ2v) is 10.5. The minimum atomic E-state index is -0.106. The van der Waals surface area contributed by atoms with Crippen LogP contribution in [0.3, 0.4) is 0 Å². The third-order valence-electron chi connectivity index (χ3n) is 7.58. The quantitative estimate of drug-likeness (QED) is 0.141. The van der Waals surface area contributed by atoms with Crippen molar-refractivity contribution in [3.63, 3.8) is 0 Å². The van der Waals surface area contributed by atoms with Gasteiger partial charge in [0.15, 0.2) is 5.82 Å². The van der Waals surface area contributed by atoms with Gasteiger partial charge in [0.05, 0.1) is 22.4 Å². The predicted molar refractivity (Wildman–Crippen MR) is 168 cm³/mol. The molecule has 1 aromatic carbocycles. The number of aryl methyl sites for hydroxylation is 2. The molecule has 3 rings (SSSR count). The Morgan fingerprint density at radius 2 is 2.02 bits per heavy atom. The van der Waals surface area contributed by atoms with Crippen molar-refractivity contribution in [3.8, 4) is 0 Å². The fourth-order valence-electron chi connectivity index (χ4n) is 5.38. The number of methoxy groups -OCH3 is 1. The van der Waals surface area contributed by atoms with Crippen LogP contribution in [0.5, 0.6) is 0 Å². The molecule has 1 aromatic heterocycles. The lowest BCUT2D eigenvalue weighted by molar-refractivity contribution is -0.109. The van der Waals surface area contributed by atoms with Gasteiger partial charge in [0.25, 0.3) is 0 Å². The number of anilines is 3. The summed E-state index contributed by atoms with van der Waals surface area (Å²) in [7, 11) is 3.43. The summed E-state index contributed by atoms with van der Waals surface area (Å²) in [6, 6.07) is 7.87. The molecule has 2 heterocycles. The fourth-order valence-corrected chi connectivity index (χ4v) is 5.65. The molecule has 2 unspecified atom stereocenters. The number of aromatic nitrogens is 1. The van der Waals surface area contributed by atoms with Crippen molar-refractivity contribution < 1.29 is 14.3 Å². The Kier molecular flexibility index (Phi) is 12.2. The highest BCUT2D eigenvalue weighted by atomic mass is 35.5. The SMILES string of the molecule is C=CCCN(C(=NC)c1cc(Cl)c(N2CCC(OC)C2)nc1N(C=O)c1c(CC)cccc1CC)C(C)CNC=O. The van der Waals surface area contributed by atoms with Gasteiger partial charge in [-0.25, -0.2) is 4.98 Å². The largest absolute Gasteiger partial charge is 0.380 e. The van der Waals surface area contributed by atoms with Gasteiger partial charge in [0, 0.05) is 46.4 Å². The summed E-state index contributed by atoms with van der Waals surface area (Å²) in [5.74, 6) is 1.68. The van der Waals surface area contributed by atoms with Crippen molar-refractivity contribution in [2.24, 2.45) is 4.99 Å². The summed E-state index contributed by atoms with van der Waals surface area (Å²) in [6.07, 6.45) is 6.50. The molecule has 0 radical (unpaired) electrons. The van der Waals surface area contributed by atoms with Crippen LogP contribution >= 0.6 is 11.6 Å². The van der Waals surface area contributed by atoms with Gasteiger partial charge in [-0.1, -0.05) is 49.7 Å². The maximum absolute atomic E-state index is 13.0. The van der Waals surface area contributed by atoms with Gasteiger partial charge >= 0.3 is 0 Å². The van der Waals surface area contributed by atoms with Crippen LogP contribution in [0.2, 0.25) is 5.02 Å². The van der Waals surface area contributed by atoms with E-state index in [2.05, 4.69) is 35.5 Å². The van der Waals surface area contributed by atoms with Crippen LogP contribution in [0.1, 0.15) is 50.3 Å². The average molecular weight is 583 g/mol. The van der Waals surface area contributed by atoms with Crippen molar-refractivity contribution in [2.75, 3.05) is 50.1 Å². The summed E-state index contributed by atoms with van der Waals surface area (Å²) in [5, 5.41) is 3.24. The molecule has 1 fully saturated rings. The van der Waals surface area contributed by atoms with Crippen LogP contribution in [-0.2, 0) is 27.2 Å². The van der Waals surface area contributed by atoms with E-state index >= 15 is 0 Å². The zero-order valence-electron chi connectivity index (χ0n) is 24.9. The molecule has 0 aliphatic carbocycles. The molecule has 1 N–H and O–H groups in total. The zero-order valence-corrected chi connectivity index (χ0v) is 25.7. The lowest BCUT2D eigenvalue weighted by Crippen LogP contribution is -2.45. The van der Waals surface area contributed by atoms with Crippen molar-refractivity contribution >= 4 is 47.6 Å². The van der Waals surface area contributed by atoms with E-state index in [1.54, 1.807) is 19.1 Å². The van der Waals surface area contributed by atoms with Crippen LogP contribution in [0.15, 0.2) is 41.9 Å². The minimum Gasteiger partial charge on any atom is -0.380 e. The molecule has 1 saturated heterocycles. The lowest BCUT2D eigenvalue weighted by atomic mass is 10.0. The van der Waals surface area contributed by atoms with E-state index in [-0.39, 0.29) is 12.1 Å². The van der Waals surface area contributed by atoms with Crippen LogP contribution in [0.25, 0.3) is 0 Å². The molecular formula is C31H43ClN6O3. The fraction of sp³-hybridized carbons (Fsp3) is 0.484. The smallest absolute Gasteiger partial charge is 0.219 e. The highest BCUT2D eigenvalue weighted by Gasteiger charge is 2.31. The topological polar surface area (TPSA) is 90.4 Å². The van der Waals surface area contributed by atoms with Crippen molar-refractivity contribution in [3.05, 3.63) is 58.6 Å². The Labute approximate surface area is 249 Å². The Balaban J connectivity index is 2.29. The van der Waals surface area contributed by atoms with Gasteiger partial charge in [-0.15, -0.1) is 6.58 Å². The number of carbonyl (C=O) groups is 2. The number of aliphatic imine (C=N–C) groups is 1. The normalized spacial score (nSPS) is 15.9. The molecule has 2 atom stereocenters. The first-order chi connectivity index (χ1) is 19.9. The zero-order chi connectivity index (χ0) is 29.9. The third-order valence-corrected chi connectivity index (χ3v) is 7.86. The summed E-state index contributed by atoms with van der Waals surface area (Å²) >= 11 is 6.96. The van der Waals surface area contributed by atoms with Gasteiger partial charge < -0.3 is 19.9 Å². The molecule has 2 aromatic rings. The standard InChI is InChI=1S/C31H43ClN6O3/c1-7-10-15-37(22(4)18-34-20-39)29(33-5)26-17-27(32)31(36-16-14-25(19-36)41-6)35-30(26)38(21-40)28-23(8-2)12-11-13-24(28)9-3/h7,11-13,17,20-22,25H,1,8-10,14-16,18-19H2,2-6H3,(H,34,39). The average Bonchev–Trinajstić information content (AvgIpc) is 3.48. The van der Waals surface area contributed by atoms with Gasteiger partial charge in [-0.3, -0.25) is 19.5 Å². The molecule has 1 aliphatic rings. The molecule has 2 amide bonds. The summed E-state index contributed by atoms with van der Waals surface area (Å²) in [4.78, 5) is 39.8. The number of para-hydroxylation sites is 1. The molecular weight excluding hydrogens is 540 g/mol. The maximum atomic E-state index is 13.0. The highest BCUT2D eigenvalue weighted by molar-refractivity contribution is 6.33. The van der Waals surface area contributed by atoms with E-state index in [1.807, 2.05) is 37.3 Å². The first-order valence-electron chi connectivity index (χ1n) is 14.2. The molecule has 0 saturated carbocycles. The molecule has 0 bridgehead atoms. The Morgan fingerprint density at radius 1 is 1.32 bits per heavy atom. The van der Waals surface area contributed by atoms with E-state index in [4.69, 9.17) is 26.3 Å². The van der Waals surface area contributed by atoms with Gasteiger partial charge in [0.1, 0.15) is 11.7 Å². The number of nitrogens with zero attached hydrogens (tertiary/aromatic N) is 5. The molecule has 0 spiro atoms. The second-order valence-electron chi connectivity index (χ2n) is 10.1. The number of hydrogen-bond acceptors (Lipinski definition) is 6. The highest BCUT2D eigenvalue weighted by Crippen LogP contribution is 2.38. The third kappa shape index (κ3) is 7.26. The number of rotatable bonds is 15. The van der Waals surface area contributed by atoms with Crippen LogP contribution < -0.4 is 15.1 Å². The van der Waals surface area contributed by atoms with Crippen molar-refractivity contribution in [1.82, 2.24) is 15.2 Å². The summed E-state index contributed by atoms with van der Waals surface area (Å²) in [6.45, 7) is 12.5. The molecule has 9 nitrogen and oxygen atoms in total. The number of ether oxygens (including phenoxy) is 1. The van der Waals surface area contributed by atoms with E-state index in [0.29, 0.717) is 60.5 Å². The first kappa shape index (κ1) is 32.1. The number of hydrogen-bond donors (Lipinski definition) is 1. The number of halogens is 1. The number of carbonyl (C=O) groups excluding carboxylic acids is 2. The number of nitrogens with one attached hydrogen (secondary N) is 1. The summed E-state index contributed by atoms with van der Waals surface area (Å²) < 4.78 is 5.59. The maximum Gasteiger partial charge on any atom is 0.219 e. The van der Waals surface area contributed by atoms with Crippen LogP contribution in [0.4, 0.5) is 17.3 Å². The number of pyridine rings is 1. The molecule has 41 heavy (non-hydrogen) atoms. The van der Waals surface area contributed by atoms with Gasteiger partial charge in [0.2, 0.25) is 12.8 Å². The van der Waals surface area contributed by atoms with Gasteiger partial charge in [-0.05, 0) is 49.8 Å². The minimum absolute atomic E-state index is 0.0824. The van der Waals surface area contributed by atoms with E-state index in [0.717, 1.165) is 49.0 Å². The molecule has 1 aliphatic heterocycles. The van der Waals surface area contributed by atoms with E-state index in [9.17, 15) is 9.59 Å². The number of amidine groups is 1. The van der Waals surface area contributed by atoms with Crippen LogP contribution in [0, 0.1) is 0 Å². The molecule has 10 heteroatoms. The second kappa shape index (κ2) is 15.5. The Bertz CT molecular complexity index is 1210. The Morgan fingerprint density at radius 3 is 2.56 bits per heavy atom. The molecule has 222 valence electrons. The monoisotopic (exact) mass is 582 g/mol. The van der Waals surface area contributed by atoms with E-state index in [1.165, 1.54) is 0 Å². The summed E-state index contributed by atoms with van der Waals surface area (Å²) in [5.41, 5.74) is 3.55. The lowest BCUT2D eigenvalue weighted by Gasteiger charge is -2.34. The number of amides is 2. The van der Waals surface area contributed by atoms with Gasteiger partial charge in [-0.2, -0.15) is 0 Å². The van der Waals surface area contributed by atoms with Crippen molar-refractivity contribution in [2.45, 2.75) is 58.6 Å². The Hall–Kier alpha value is -3.43. The van der Waals surface area contributed by atoms with Crippen LogP contribution in [-0.4, -0.2) is 81.0 Å². The van der Waals surface area contributed by atoms with Crippen molar-refractivity contribution in [1.29, 1.82) is 0 Å². The predicted octanol–water partition coefficient (Wildman–Crippen LogP) is 4.77. The van der Waals surface area contributed by atoms with E-state index < -0.39 is 0 Å². The first-order valence-corrected chi connectivity index (χ1v) is 14.6.